The van der Waals surface area contributed by atoms with Gasteiger partial charge in [-0.05, 0) is 29.1 Å². The van der Waals surface area contributed by atoms with Crippen molar-refractivity contribution in [2.75, 3.05) is 0 Å². The van der Waals surface area contributed by atoms with E-state index in [-0.39, 0.29) is 5.82 Å². The van der Waals surface area contributed by atoms with Crippen molar-refractivity contribution >= 4 is 22.4 Å². The molecule has 0 aliphatic rings. The van der Waals surface area contributed by atoms with Gasteiger partial charge in [-0.3, -0.25) is 4.98 Å². The summed E-state index contributed by atoms with van der Waals surface area (Å²) in [7, 11) is 0. The molecule has 2 aromatic carbocycles. The van der Waals surface area contributed by atoms with E-state index in [2.05, 4.69) is 4.98 Å². The van der Waals surface area contributed by atoms with Gasteiger partial charge in [0.2, 0.25) is 0 Å². The maximum atomic E-state index is 14.0. The minimum absolute atomic E-state index is 0.321. The fraction of sp³-hybridized carbons (Fsp3) is 0. The van der Waals surface area contributed by atoms with E-state index in [0.29, 0.717) is 10.6 Å². The Bertz CT molecular complexity index is 699. The van der Waals surface area contributed by atoms with Crippen LogP contribution in [0.1, 0.15) is 0 Å². The second-order valence-electron chi connectivity index (χ2n) is 4.00. The molecule has 1 heterocycles. The Morgan fingerprint density at radius 2 is 1.83 bits per heavy atom. The average Bonchev–Trinajstić information content (AvgIpc) is 2.39. The highest BCUT2D eigenvalue weighted by Gasteiger charge is 2.12. The Balaban J connectivity index is 2.39. The van der Waals surface area contributed by atoms with Gasteiger partial charge in [-0.25, -0.2) is 4.39 Å². The molecule has 1 aromatic heterocycles. The number of hydrogen-bond donors (Lipinski definition) is 0. The van der Waals surface area contributed by atoms with Gasteiger partial charge in [0, 0.05) is 23.3 Å². The molecule has 0 unspecified atom stereocenters. The zero-order valence-corrected chi connectivity index (χ0v) is 10.2. The fourth-order valence-corrected chi connectivity index (χ4v) is 2.35. The number of halogens is 2. The average molecular weight is 258 g/mol. The lowest BCUT2D eigenvalue weighted by molar-refractivity contribution is 0.631. The molecular weight excluding hydrogens is 249 g/mol. The van der Waals surface area contributed by atoms with Gasteiger partial charge in [-0.2, -0.15) is 0 Å². The van der Waals surface area contributed by atoms with E-state index >= 15 is 0 Å². The number of rotatable bonds is 1. The number of hydrogen-bond acceptors (Lipinski definition) is 1. The Labute approximate surface area is 109 Å². The van der Waals surface area contributed by atoms with Crippen LogP contribution in [0.3, 0.4) is 0 Å². The van der Waals surface area contributed by atoms with Crippen LogP contribution in [0.2, 0.25) is 5.02 Å². The molecule has 0 bridgehead atoms. The first-order chi connectivity index (χ1) is 8.77. The monoisotopic (exact) mass is 257 g/mol. The van der Waals surface area contributed by atoms with Crippen molar-refractivity contribution in [3.63, 3.8) is 0 Å². The van der Waals surface area contributed by atoms with Crippen LogP contribution >= 0.6 is 11.6 Å². The van der Waals surface area contributed by atoms with Crippen molar-refractivity contribution in [3.8, 4) is 11.1 Å². The van der Waals surface area contributed by atoms with Crippen LogP contribution in [-0.4, -0.2) is 4.98 Å². The topological polar surface area (TPSA) is 12.9 Å². The van der Waals surface area contributed by atoms with Crippen molar-refractivity contribution < 1.29 is 4.39 Å². The number of pyridine rings is 1. The minimum Gasteiger partial charge on any atom is -0.264 e. The molecule has 0 amide bonds. The zero-order chi connectivity index (χ0) is 12.5. The number of fused-ring (bicyclic) bond motifs is 1. The second-order valence-corrected chi connectivity index (χ2v) is 4.41. The third-order valence-corrected chi connectivity index (χ3v) is 3.23. The highest BCUT2D eigenvalue weighted by molar-refractivity contribution is 6.33. The quantitative estimate of drug-likeness (QED) is 0.616. The standard InChI is InChI=1S/C15H9ClFN/c16-13-5-2-6-14(17)15(13)11-4-1-3-10-7-8-18-9-12(10)11/h1-9H. The molecule has 0 fully saturated rings. The van der Waals surface area contributed by atoms with Gasteiger partial charge >= 0.3 is 0 Å². The summed E-state index contributed by atoms with van der Waals surface area (Å²) in [6.07, 6.45) is 3.45. The molecule has 3 heteroatoms. The van der Waals surface area contributed by atoms with Gasteiger partial charge in [0.25, 0.3) is 0 Å². The maximum Gasteiger partial charge on any atom is 0.132 e. The van der Waals surface area contributed by atoms with Gasteiger partial charge in [0.15, 0.2) is 0 Å². The van der Waals surface area contributed by atoms with Crippen molar-refractivity contribution in [3.05, 3.63) is 65.7 Å². The van der Waals surface area contributed by atoms with Gasteiger partial charge in [0.05, 0.1) is 5.02 Å². The molecule has 0 aliphatic heterocycles. The van der Waals surface area contributed by atoms with Crippen molar-refractivity contribution in [1.29, 1.82) is 0 Å². The van der Waals surface area contributed by atoms with Crippen LogP contribution in [0, 0.1) is 5.82 Å². The van der Waals surface area contributed by atoms with Crippen molar-refractivity contribution in [2.24, 2.45) is 0 Å². The Morgan fingerprint density at radius 1 is 1.00 bits per heavy atom. The molecule has 3 rings (SSSR count). The predicted octanol–water partition coefficient (Wildman–Crippen LogP) is 4.69. The molecule has 0 atom stereocenters. The van der Waals surface area contributed by atoms with E-state index in [0.717, 1.165) is 16.3 Å². The summed E-state index contributed by atoms with van der Waals surface area (Å²) < 4.78 is 14.0. The first-order valence-electron chi connectivity index (χ1n) is 5.54. The molecule has 0 aliphatic carbocycles. The molecule has 0 spiro atoms. The Kier molecular flexibility index (Phi) is 2.73. The molecule has 3 aromatic rings. The van der Waals surface area contributed by atoms with E-state index in [4.69, 9.17) is 11.6 Å². The van der Waals surface area contributed by atoms with Gasteiger partial charge in [-0.1, -0.05) is 35.9 Å². The summed E-state index contributed by atoms with van der Waals surface area (Å²) in [6.45, 7) is 0. The van der Waals surface area contributed by atoms with Crippen molar-refractivity contribution in [2.45, 2.75) is 0 Å². The molecule has 0 saturated heterocycles. The van der Waals surface area contributed by atoms with E-state index in [1.54, 1.807) is 24.5 Å². The van der Waals surface area contributed by atoms with Crippen LogP contribution in [0.15, 0.2) is 54.9 Å². The molecule has 0 radical (unpaired) electrons. The third kappa shape index (κ3) is 1.75. The van der Waals surface area contributed by atoms with Crippen LogP contribution in [0.4, 0.5) is 4.39 Å². The number of aromatic nitrogens is 1. The molecule has 0 N–H and O–H groups in total. The summed E-state index contributed by atoms with van der Waals surface area (Å²) in [5.41, 5.74) is 1.20. The number of nitrogens with zero attached hydrogens (tertiary/aromatic N) is 1. The SMILES string of the molecule is Fc1cccc(Cl)c1-c1cccc2ccncc12. The molecule has 0 saturated carbocycles. The summed E-state index contributed by atoms with van der Waals surface area (Å²) in [5, 5.41) is 2.32. The van der Waals surface area contributed by atoms with Crippen LogP contribution in [0.25, 0.3) is 21.9 Å². The Morgan fingerprint density at radius 3 is 2.67 bits per heavy atom. The number of benzene rings is 2. The summed E-state index contributed by atoms with van der Waals surface area (Å²) in [4.78, 5) is 4.09. The zero-order valence-electron chi connectivity index (χ0n) is 9.40. The molecular formula is C15H9ClFN. The lowest BCUT2D eigenvalue weighted by atomic mass is 9.99. The fourth-order valence-electron chi connectivity index (χ4n) is 2.09. The first kappa shape index (κ1) is 11.2. The molecule has 1 nitrogen and oxygen atoms in total. The van der Waals surface area contributed by atoms with E-state index < -0.39 is 0 Å². The lowest BCUT2D eigenvalue weighted by Crippen LogP contribution is -1.88. The highest BCUT2D eigenvalue weighted by atomic mass is 35.5. The highest BCUT2D eigenvalue weighted by Crippen LogP contribution is 2.34. The van der Waals surface area contributed by atoms with E-state index in [9.17, 15) is 4.39 Å². The lowest BCUT2D eigenvalue weighted by Gasteiger charge is -2.09. The predicted molar refractivity (Wildman–Crippen MR) is 72.1 cm³/mol. The van der Waals surface area contributed by atoms with Crippen LogP contribution in [-0.2, 0) is 0 Å². The van der Waals surface area contributed by atoms with Gasteiger partial charge < -0.3 is 0 Å². The maximum absolute atomic E-state index is 14.0. The van der Waals surface area contributed by atoms with E-state index in [1.807, 2.05) is 24.3 Å². The summed E-state index contributed by atoms with van der Waals surface area (Å²) >= 11 is 6.10. The van der Waals surface area contributed by atoms with Crippen LogP contribution in [0.5, 0.6) is 0 Å². The Hall–Kier alpha value is -1.93. The minimum atomic E-state index is -0.321. The smallest absolute Gasteiger partial charge is 0.132 e. The molecule has 88 valence electrons. The largest absolute Gasteiger partial charge is 0.264 e. The normalized spacial score (nSPS) is 10.8. The second kappa shape index (κ2) is 4.39. The third-order valence-electron chi connectivity index (χ3n) is 2.92. The van der Waals surface area contributed by atoms with Crippen molar-refractivity contribution in [1.82, 2.24) is 4.98 Å². The van der Waals surface area contributed by atoms with Gasteiger partial charge in [0.1, 0.15) is 5.82 Å². The van der Waals surface area contributed by atoms with E-state index in [1.165, 1.54) is 6.07 Å². The van der Waals surface area contributed by atoms with Crippen LogP contribution < -0.4 is 0 Å². The van der Waals surface area contributed by atoms with Gasteiger partial charge in [-0.15, -0.1) is 0 Å². The summed E-state index contributed by atoms with van der Waals surface area (Å²) in [6, 6.07) is 12.3. The first-order valence-corrected chi connectivity index (χ1v) is 5.92. The molecule has 18 heavy (non-hydrogen) atoms. The summed E-state index contributed by atoms with van der Waals surface area (Å²) in [5.74, 6) is -0.321.